The van der Waals surface area contributed by atoms with E-state index in [1.807, 2.05) is 7.05 Å². The molecule has 0 spiro atoms. The lowest BCUT2D eigenvalue weighted by Gasteiger charge is -2.56. The molecule has 0 radical (unpaired) electrons. The van der Waals surface area contributed by atoms with E-state index >= 15 is 0 Å². The Balaban J connectivity index is 1.10. The van der Waals surface area contributed by atoms with Gasteiger partial charge in [0.1, 0.15) is 10.8 Å². The molecular weight excluding hydrogens is 478 g/mol. The van der Waals surface area contributed by atoms with Crippen LogP contribution in [0, 0.1) is 29.1 Å². The zero-order chi connectivity index (χ0) is 24.3. The van der Waals surface area contributed by atoms with Crippen LogP contribution in [0.3, 0.4) is 0 Å². The van der Waals surface area contributed by atoms with Crippen molar-refractivity contribution in [2.24, 2.45) is 41.9 Å². The summed E-state index contributed by atoms with van der Waals surface area (Å²) in [4.78, 5) is 26.2. The first-order chi connectivity index (χ1) is 16.8. The minimum Gasteiger partial charge on any atom is -0.365 e. The number of hydrogen-bond acceptors (Lipinski definition) is 6. The molecule has 1 unspecified atom stereocenters. The number of carbonyl (C=O) groups is 2. The Morgan fingerprint density at radius 2 is 1.86 bits per heavy atom. The summed E-state index contributed by atoms with van der Waals surface area (Å²) in [6.07, 6.45) is 12.2. The van der Waals surface area contributed by atoms with Crippen LogP contribution in [-0.2, 0) is 31.1 Å². The topological polar surface area (TPSA) is 103 Å². The van der Waals surface area contributed by atoms with Crippen LogP contribution < -0.4 is 11.1 Å². The van der Waals surface area contributed by atoms with Crippen LogP contribution in [0.1, 0.15) is 78.5 Å². The number of thiophene rings is 1. The molecular formula is C26H35N5O2S2. The number of amides is 2. The highest BCUT2D eigenvalue weighted by atomic mass is 32.2. The molecule has 0 aliphatic heterocycles. The number of primary amides is 1. The summed E-state index contributed by atoms with van der Waals surface area (Å²) >= 11 is 2.91. The first-order valence-corrected chi connectivity index (χ1v) is 14.8. The van der Waals surface area contributed by atoms with Gasteiger partial charge in [0.05, 0.1) is 11.3 Å². The Morgan fingerprint density at radius 3 is 2.51 bits per heavy atom. The van der Waals surface area contributed by atoms with E-state index in [0.717, 1.165) is 60.0 Å². The van der Waals surface area contributed by atoms with Crippen LogP contribution in [0.2, 0.25) is 0 Å². The van der Waals surface area contributed by atoms with E-state index < -0.39 is 5.91 Å². The molecule has 2 heterocycles. The molecule has 1 atom stereocenters. The number of hydrogen-bond donors (Lipinski definition) is 2. The molecule has 4 saturated carbocycles. The molecule has 4 bridgehead atoms. The van der Waals surface area contributed by atoms with Crippen molar-refractivity contribution in [2.75, 3.05) is 11.1 Å². The van der Waals surface area contributed by atoms with Gasteiger partial charge in [0.25, 0.3) is 5.91 Å². The maximum Gasteiger partial charge on any atom is 0.251 e. The van der Waals surface area contributed by atoms with Crippen molar-refractivity contribution < 1.29 is 9.59 Å². The molecule has 7 rings (SSSR count). The molecule has 9 heteroatoms. The van der Waals surface area contributed by atoms with Crippen molar-refractivity contribution in [3.63, 3.8) is 0 Å². The summed E-state index contributed by atoms with van der Waals surface area (Å²) in [5, 5.41) is 13.3. The third kappa shape index (κ3) is 4.43. The van der Waals surface area contributed by atoms with Crippen molar-refractivity contribution in [2.45, 2.75) is 76.3 Å². The number of nitrogens with two attached hydrogens (primary N) is 1. The van der Waals surface area contributed by atoms with Gasteiger partial charge in [0.2, 0.25) is 5.91 Å². The zero-order valence-corrected chi connectivity index (χ0v) is 22.3. The summed E-state index contributed by atoms with van der Waals surface area (Å²) in [6, 6.07) is 0. The van der Waals surface area contributed by atoms with Gasteiger partial charge >= 0.3 is 0 Å². The molecule has 3 N–H and O–H groups in total. The highest BCUT2D eigenvalue weighted by Crippen LogP contribution is 2.61. The van der Waals surface area contributed by atoms with E-state index in [9.17, 15) is 9.59 Å². The number of carbonyl (C=O) groups excluding carboxylic acids is 2. The van der Waals surface area contributed by atoms with Gasteiger partial charge < -0.3 is 15.6 Å². The molecule has 5 aliphatic rings. The number of fused-ring (bicyclic) bond motifs is 1. The number of aromatic nitrogens is 3. The average molecular weight is 514 g/mol. The predicted octanol–water partition coefficient (Wildman–Crippen LogP) is 4.59. The summed E-state index contributed by atoms with van der Waals surface area (Å²) in [5.74, 6) is 4.02. The van der Waals surface area contributed by atoms with Crippen LogP contribution in [0.5, 0.6) is 0 Å². The number of anilines is 1. The smallest absolute Gasteiger partial charge is 0.251 e. The van der Waals surface area contributed by atoms with Gasteiger partial charge in [-0.3, -0.25) is 9.59 Å². The normalized spacial score (nSPS) is 30.9. The van der Waals surface area contributed by atoms with Gasteiger partial charge in [-0.15, -0.1) is 21.5 Å². The zero-order valence-electron chi connectivity index (χ0n) is 20.6. The van der Waals surface area contributed by atoms with Crippen molar-refractivity contribution in [3.05, 3.63) is 21.8 Å². The van der Waals surface area contributed by atoms with E-state index in [0.29, 0.717) is 21.9 Å². The molecule has 35 heavy (non-hydrogen) atoms. The largest absolute Gasteiger partial charge is 0.365 e. The Bertz CT molecular complexity index is 1130. The van der Waals surface area contributed by atoms with E-state index in [4.69, 9.17) is 5.73 Å². The summed E-state index contributed by atoms with van der Waals surface area (Å²) in [6.45, 7) is 2.22. The lowest BCUT2D eigenvalue weighted by atomic mass is 9.49. The van der Waals surface area contributed by atoms with Gasteiger partial charge in [-0.1, -0.05) is 18.7 Å². The lowest BCUT2D eigenvalue weighted by Crippen LogP contribution is -2.47. The standard InChI is InChI=1S/C26H35N5O2S2/c1-14-3-4-18-19(5-14)35-24(22(18)23(27)33)28-21(32)13-34-25-30-29-20(31(25)2)12-26-9-15-6-16(10-26)8-17(7-15)11-26/h14-17H,3-13H2,1-2H3,(H2,27,33)(H,28,32). The average Bonchev–Trinajstić information content (AvgIpc) is 3.30. The predicted molar refractivity (Wildman–Crippen MR) is 139 cm³/mol. The Morgan fingerprint density at radius 1 is 1.17 bits per heavy atom. The SMILES string of the molecule is CC1CCc2c(sc(NC(=O)CSc3nnc(CC45CC6CC(CC(C6)C4)C5)n3C)c2C(N)=O)C1. The van der Waals surface area contributed by atoms with Crippen LogP contribution >= 0.6 is 23.1 Å². The summed E-state index contributed by atoms with van der Waals surface area (Å²) in [5.41, 5.74) is 7.65. The molecule has 5 aliphatic carbocycles. The first kappa shape index (κ1) is 23.5. The molecule has 2 amide bonds. The number of nitrogens with one attached hydrogen (secondary N) is 1. The third-order valence-corrected chi connectivity index (χ3v) is 11.2. The second-order valence-corrected chi connectivity index (χ2v) is 13.9. The molecule has 0 saturated heterocycles. The van der Waals surface area contributed by atoms with Gasteiger partial charge in [-0.25, -0.2) is 0 Å². The third-order valence-electron chi connectivity index (χ3n) is 8.97. The molecule has 0 aromatic carbocycles. The highest BCUT2D eigenvalue weighted by molar-refractivity contribution is 7.99. The quantitative estimate of drug-likeness (QED) is 0.527. The second kappa shape index (κ2) is 8.91. The molecule has 7 nitrogen and oxygen atoms in total. The van der Waals surface area contributed by atoms with E-state index in [1.165, 1.54) is 66.5 Å². The Labute approximate surface area is 215 Å². The van der Waals surface area contributed by atoms with Crippen LogP contribution in [0.25, 0.3) is 0 Å². The molecule has 2 aromatic heterocycles. The fourth-order valence-electron chi connectivity index (χ4n) is 7.86. The number of rotatable bonds is 7. The maximum absolute atomic E-state index is 12.8. The minimum atomic E-state index is -0.456. The van der Waals surface area contributed by atoms with Gasteiger partial charge in [0, 0.05) is 18.3 Å². The van der Waals surface area contributed by atoms with Crippen LogP contribution in [0.15, 0.2) is 5.16 Å². The molecule has 188 valence electrons. The molecule has 4 fully saturated rings. The maximum atomic E-state index is 12.8. The number of nitrogens with zero attached hydrogens (tertiary/aromatic N) is 3. The van der Waals surface area contributed by atoms with Gasteiger partial charge in [0.15, 0.2) is 5.16 Å². The van der Waals surface area contributed by atoms with Crippen molar-refractivity contribution in [1.29, 1.82) is 0 Å². The highest BCUT2D eigenvalue weighted by Gasteiger charge is 2.51. The van der Waals surface area contributed by atoms with Crippen LogP contribution in [-0.4, -0.2) is 32.3 Å². The van der Waals surface area contributed by atoms with Gasteiger partial charge in [-0.05, 0) is 92.4 Å². The molecule has 2 aromatic rings. The fraction of sp³-hybridized carbons (Fsp3) is 0.692. The first-order valence-electron chi connectivity index (χ1n) is 13.0. The van der Waals surface area contributed by atoms with E-state index in [1.54, 1.807) is 0 Å². The summed E-state index contributed by atoms with van der Waals surface area (Å²) < 4.78 is 2.08. The van der Waals surface area contributed by atoms with E-state index in [2.05, 4.69) is 27.0 Å². The van der Waals surface area contributed by atoms with Crippen molar-refractivity contribution in [1.82, 2.24) is 14.8 Å². The monoisotopic (exact) mass is 513 g/mol. The van der Waals surface area contributed by atoms with Gasteiger partial charge in [-0.2, -0.15) is 0 Å². The fourth-order valence-corrected chi connectivity index (χ4v) is 10.0. The number of thioether (sulfide) groups is 1. The second-order valence-electron chi connectivity index (χ2n) is 11.8. The Hall–Kier alpha value is -1.87. The minimum absolute atomic E-state index is 0.144. The lowest BCUT2D eigenvalue weighted by molar-refractivity contribution is -0.113. The van der Waals surface area contributed by atoms with Crippen molar-refractivity contribution in [3.8, 4) is 0 Å². The van der Waals surface area contributed by atoms with E-state index in [-0.39, 0.29) is 11.7 Å². The van der Waals surface area contributed by atoms with Crippen molar-refractivity contribution >= 4 is 39.9 Å². The summed E-state index contributed by atoms with van der Waals surface area (Å²) in [7, 11) is 2.02. The van der Waals surface area contributed by atoms with Crippen LogP contribution in [0.4, 0.5) is 5.00 Å². The Kier molecular flexibility index (Phi) is 5.99.